The van der Waals surface area contributed by atoms with E-state index in [1.807, 2.05) is 45.0 Å². The van der Waals surface area contributed by atoms with Crippen molar-refractivity contribution in [3.8, 4) is 0 Å². The molecule has 1 rings (SSSR count). The molecule has 0 heteroatoms. The maximum atomic E-state index is 3.00. The van der Waals surface area contributed by atoms with Crippen LogP contribution in [0.15, 0.2) is 49.6 Å². The largest absolute Gasteiger partial charge is 0.106 e. The maximum absolute atomic E-state index is 3.00. The van der Waals surface area contributed by atoms with E-state index >= 15 is 0 Å². The normalized spacial score (nSPS) is 7.92. The molecule has 0 aliphatic rings. The summed E-state index contributed by atoms with van der Waals surface area (Å²) < 4.78 is 0. The summed E-state index contributed by atoms with van der Waals surface area (Å²) in [6, 6.07) is 10.3. The van der Waals surface area contributed by atoms with E-state index in [1.54, 1.807) is 0 Å². The van der Waals surface area contributed by atoms with Crippen LogP contribution in [0.4, 0.5) is 0 Å². The molecule has 0 nitrogen and oxygen atoms in total. The van der Waals surface area contributed by atoms with E-state index in [0.717, 1.165) is 0 Å². The molecule has 0 unspecified atom stereocenters. The summed E-state index contributed by atoms with van der Waals surface area (Å²) in [5, 5.41) is 0. The van der Waals surface area contributed by atoms with Crippen LogP contribution in [-0.2, 0) is 0 Å². The Labute approximate surface area is 82.6 Å². The number of rotatable bonds is 1. The molecule has 0 aliphatic heterocycles. The monoisotopic (exact) mass is 176 g/mol. The Morgan fingerprint density at radius 2 is 1.46 bits per heavy atom. The van der Waals surface area contributed by atoms with E-state index in [0.29, 0.717) is 0 Å². The van der Waals surface area contributed by atoms with Crippen molar-refractivity contribution in [2.24, 2.45) is 0 Å². The van der Waals surface area contributed by atoms with Gasteiger partial charge in [0.05, 0.1) is 0 Å². The van der Waals surface area contributed by atoms with Gasteiger partial charge >= 0.3 is 0 Å². The van der Waals surface area contributed by atoms with Gasteiger partial charge in [0.15, 0.2) is 0 Å². The molecule has 1 aromatic carbocycles. The first-order chi connectivity index (χ1) is 6.43. The summed E-state index contributed by atoms with van der Waals surface area (Å²) in [6.45, 7) is 12.0. The molecule has 1 aromatic rings. The molecule has 72 valence electrons. The van der Waals surface area contributed by atoms with E-state index in [2.05, 4.69) is 31.4 Å². The summed E-state index contributed by atoms with van der Waals surface area (Å²) in [5.41, 5.74) is 1.26. The number of allylic oxidation sites excluding steroid dienone is 1. The number of benzene rings is 1. The first kappa shape index (κ1) is 14.2. The van der Waals surface area contributed by atoms with Crippen molar-refractivity contribution in [1.29, 1.82) is 0 Å². The van der Waals surface area contributed by atoms with E-state index in [9.17, 15) is 0 Å². The Hall–Kier alpha value is -1.30. The van der Waals surface area contributed by atoms with Crippen LogP contribution in [0.2, 0.25) is 0 Å². The quantitative estimate of drug-likeness (QED) is 0.551. The Balaban J connectivity index is 0. The van der Waals surface area contributed by atoms with Gasteiger partial charge in [0, 0.05) is 0 Å². The molecule has 13 heavy (non-hydrogen) atoms. The Kier molecular flexibility index (Phi) is 14.6. The highest BCUT2D eigenvalue weighted by atomic mass is 13.8. The fourth-order valence-electron chi connectivity index (χ4n) is 0.757. The highest BCUT2D eigenvalue weighted by molar-refractivity contribution is 5.47. The van der Waals surface area contributed by atoms with Gasteiger partial charge in [-0.2, -0.15) is 0 Å². The van der Waals surface area contributed by atoms with Gasteiger partial charge < -0.3 is 0 Å². The topological polar surface area (TPSA) is 0 Å². The van der Waals surface area contributed by atoms with E-state index < -0.39 is 0 Å². The summed E-state index contributed by atoms with van der Waals surface area (Å²) >= 11 is 0. The third kappa shape index (κ3) is 8.61. The van der Waals surface area contributed by atoms with Crippen LogP contribution >= 0.6 is 0 Å². The molecule has 0 spiro atoms. The van der Waals surface area contributed by atoms with Crippen LogP contribution in [0.25, 0.3) is 6.08 Å². The minimum absolute atomic E-state index is 1.26. The van der Waals surface area contributed by atoms with Crippen LogP contribution in [0.1, 0.15) is 26.3 Å². The van der Waals surface area contributed by atoms with Gasteiger partial charge in [-0.05, 0) is 12.5 Å². The van der Waals surface area contributed by atoms with Gasteiger partial charge in [0.2, 0.25) is 0 Å². The second-order valence-electron chi connectivity index (χ2n) is 1.91. The smallest absolute Gasteiger partial charge is 0.0260 e. The van der Waals surface area contributed by atoms with Crippen LogP contribution in [0.5, 0.6) is 0 Å². The van der Waals surface area contributed by atoms with Crippen molar-refractivity contribution in [3.63, 3.8) is 0 Å². The predicted molar refractivity (Wildman–Crippen MR) is 63.8 cm³/mol. The number of hydrogen-bond donors (Lipinski definition) is 0. The van der Waals surface area contributed by atoms with Gasteiger partial charge in [-0.25, -0.2) is 0 Å². The molecule has 0 aliphatic carbocycles. The zero-order valence-electron chi connectivity index (χ0n) is 8.96. The fraction of sp³-hybridized carbons (Fsp3) is 0.231. The second kappa shape index (κ2) is 13.3. The zero-order valence-corrected chi connectivity index (χ0v) is 8.96. The molecule has 0 radical (unpaired) electrons. The lowest BCUT2D eigenvalue weighted by atomic mass is 10.2. The average molecular weight is 176 g/mol. The molecule has 0 bridgehead atoms. The van der Waals surface area contributed by atoms with Gasteiger partial charge in [-0.3, -0.25) is 0 Å². The van der Waals surface area contributed by atoms with Crippen LogP contribution < -0.4 is 0 Å². The van der Waals surface area contributed by atoms with Crippen molar-refractivity contribution < 1.29 is 0 Å². The molecule has 0 heterocycles. The maximum Gasteiger partial charge on any atom is -0.0260 e. The first-order valence-electron chi connectivity index (χ1n) is 4.61. The van der Waals surface area contributed by atoms with Gasteiger partial charge in [-0.1, -0.05) is 56.3 Å². The lowest BCUT2D eigenvalue weighted by Crippen LogP contribution is -1.65. The Morgan fingerprint density at radius 1 is 1.00 bits per heavy atom. The molecule has 0 atom stereocenters. The summed E-state index contributed by atoms with van der Waals surface area (Å²) in [6.07, 6.45) is 4.12. The van der Waals surface area contributed by atoms with Crippen molar-refractivity contribution in [1.82, 2.24) is 0 Å². The fourth-order valence-corrected chi connectivity index (χ4v) is 0.757. The SMILES string of the molecule is C/C=C/c1ccccc1.C=C.CC. The minimum Gasteiger partial charge on any atom is -0.106 e. The van der Waals surface area contributed by atoms with Crippen LogP contribution in [0, 0.1) is 0 Å². The van der Waals surface area contributed by atoms with Gasteiger partial charge in [0.1, 0.15) is 0 Å². The highest BCUT2D eigenvalue weighted by Gasteiger charge is 1.77. The molecule has 0 fully saturated rings. The van der Waals surface area contributed by atoms with Crippen LogP contribution in [-0.4, -0.2) is 0 Å². The third-order valence-corrected chi connectivity index (χ3v) is 1.16. The molecule has 0 aromatic heterocycles. The Morgan fingerprint density at radius 3 is 1.85 bits per heavy atom. The van der Waals surface area contributed by atoms with Crippen molar-refractivity contribution in [2.45, 2.75) is 20.8 Å². The van der Waals surface area contributed by atoms with E-state index in [1.165, 1.54) is 5.56 Å². The van der Waals surface area contributed by atoms with Crippen LogP contribution in [0.3, 0.4) is 0 Å². The molecular weight excluding hydrogens is 156 g/mol. The van der Waals surface area contributed by atoms with Crippen molar-refractivity contribution >= 4 is 6.08 Å². The second-order valence-corrected chi connectivity index (χ2v) is 1.91. The van der Waals surface area contributed by atoms with E-state index in [-0.39, 0.29) is 0 Å². The zero-order chi connectivity index (χ0) is 10.5. The minimum atomic E-state index is 1.26. The molecule has 0 saturated heterocycles. The Bertz CT molecular complexity index is 197. The lowest BCUT2D eigenvalue weighted by molar-refractivity contribution is 1.50. The standard InChI is InChI=1S/C9H10.C2H6.C2H4/c1-2-6-9-7-4-3-5-8-9;2*1-2/h2-8H,1H3;1-2H3;1-2H2/b6-2+;;. The first-order valence-corrected chi connectivity index (χ1v) is 4.61. The van der Waals surface area contributed by atoms with Gasteiger partial charge in [-0.15, -0.1) is 13.2 Å². The molecular formula is C13H20. The molecule has 0 saturated carbocycles. The summed E-state index contributed by atoms with van der Waals surface area (Å²) in [4.78, 5) is 0. The number of hydrogen-bond acceptors (Lipinski definition) is 0. The predicted octanol–water partition coefficient (Wildman–Crippen LogP) is 4.55. The lowest BCUT2D eigenvalue weighted by Gasteiger charge is -1.86. The highest BCUT2D eigenvalue weighted by Crippen LogP contribution is 1.99. The molecule has 0 N–H and O–H groups in total. The third-order valence-electron chi connectivity index (χ3n) is 1.16. The van der Waals surface area contributed by atoms with Crippen molar-refractivity contribution in [3.05, 3.63) is 55.1 Å². The average Bonchev–Trinajstić information content (AvgIpc) is 2.26. The van der Waals surface area contributed by atoms with Gasteiger partial charge in [0.25, 0.3) is 0 Å². The van der Waals surface area contributed by atoms with Crippen molar-refractivity contribution in [2.75, 3.05) is 0 Å². The van der Waals surface area contributed by atoms with E-state index in [4.69, 9.17) is 0 Å². The summed E-state index contributed by atoms with van der Waals surface area (Å²) in [5.74, 6) is 0. The summed E-state index contributed by atoms with van der Waals surface area (Å²) in [7, 11) is 0. The molecule has 0 amide bonds.